The van der Waals surface area contributed by atoms with Crippen molar-refractivity contribution in [1.29, 1.82) is 0 Å². The third-order valence-corrected chi connectivity index (χ3v) is 4.60. The van der Waals surface area contributed by atoms with Gasteiger partial charge in [-0.25, -0.2) is 0 Å². The van der Waals surface area contributed by atoms with Crippen molar-refractivity contribution in [3.63, 3.8) is 0 Å². The monoisotopic (exact) mass is 391 g/mol. The van der Waals surface area contributed by atoms with Crippen molar-refractivity contribution in [2.24, 2.45) is 0 Å². The summed E-state index contributed by atoms with van der Waals surface area (Å²) in [5, 5.41) is 3.47. The minimum Gasteiger partial charge on any atom is -0.497 e. The Hall–Kier alpha value is -2.98. The van der Waals surface area contributed by atoms with Crippen LogP contribution in [0.4, 0.5) is 0 Å². The summed E-state index contributed by atoms with van der Waals surface area (Å²) in [7, 11) is 1.68. The maximum atomic E-state index is 6.02. The standard InChI is InChI=1S/C25H29NO3/c1-4-28-25-15-21(17-26-16-20-8-11-23(27-3)12-9-20)10-13-24(25)29-18-22-7-5-6-19(2)14-22/h5-15,26H,4,16-18H2,1-3H3. The minimum atomic E-state index is 0.525. The van der Waals surface area contributed by atoms with E-state index in [1.807, 2.05) is 25.1 Å². The quantitative estimate of drug-likeness (QED) is 0.511. The topological polar surface area (TPSA) is 39.7 Å². The highest BCUT2D eigenvalue weighted by atomic mass is 16.5. The van der Waals surface area contributed by atoms with E-state index in [0.717, 1.165) is 41.5 Å². The lowest BCUT2D eigenvalue weighted by molar-refractivity contribution is 0.269. The number of methoxy groups -OCH3 is 1. The zero-order valence-electron chi connectivity index (χ0n) is 17.4. The first-order valence-electron chi connectivity index (χ1n) is 9.95. The van der Waals surface area contributed by atoms with Crippen LogP contribution in [0.2, 0.25) is 0 Å². The van der Waals surface area contributed by atoms with Gasteiger partial charge in [-0.3, -0.25) is 0 Å². The lowest BCUT2D eigenvalue weighted by Gasteiger charge is -2.14. The predicted molar refractivity (Wildman–Crippen MR) is 117 cm³/mol. The lowest BCUT2D eigenvalue weighted by Crippen LogP contribution is -2.13. The van der Waals surface area contributed by atoms with Crippen LogP contribution in [-0.2, 0) is 19.7 Å². The Kier molecular flexibility index (Phi) is 7.54. The van der Waals surface area contributed by atoms with E-state index in [4.69, 9.17) is 14.2 Å². The number of aryl methyl sites for hydroxylation is 1. The normalized spacial score (nSPS) is 10.6. The Bertz CT molecular complexity index is 906. The number of ether oxygens (including phenoxy) is 3. The molecule has 4 nitrogen and oxygen atoms in total. The Balaban J connectivity index is 1.58. The Morgan fingerprint density at radius 3 is 2.24 bits per heavy atom. The fourth-order valence-electron chi connectivity index (χ4n) is 3.11. The van der Waals surface area contributed by atoms with Crippen LogP contribution in [-0.4, -0.2) is 13.7 Å². The van der Waals surface area contributed by atoms with Crippen LogP contribution < -0.4 is 19.5 Å². The van der Waals surface area contributed by atoms with Crippen LogP contribution in [0.5, 0.6) is 17.2 Å². The molecule has 0 saturated heterocycles. The van der Waals surface area contributed by atoms with Crippen molar-refractivity contribution in [3.05, 3.63) is 89.0 Å². The molecule has 0 saturated carbocycles. The summed E-state index contributed by atoms with van der Waals surface area (Å²) in [6.07, 6.45) is 0. The summed E-state index contributed by atoms with van der Waals surface area (Å²) in [4.78, 5) is 0. The Morgan fingerprint density at radius 1 is 0.759 bits per heavy atom. The molecule has 0 aliphatic rings. The van der Waals surface area contributed by atoms with E-state index in [9.17, 15) is 0 Å². The van der Waals surface area contributed by atoms with Crippen molar-refractivity contribution in [2.45, 2.75) is 33.5 Å². The molecular formula is C25H29NO3. The van der Waals surface area contributed by atoms with E-state index < -0.39 is 0 Å². The van der Waals surface area contributed by atoms with Gasteiger partial charge in [0.15, 0.2) is 11.5 Å². The summed E-state index contributed by atoms with van der Waals surface area (Å²) >= 11 is 0. The molecule has 0 atom stereocenters. The molecule has 0 radical (unpaired) electrons. The molecule has 1 N–H and O–H groups in total. The van der Waals surface area contributed by atoms with Crippen molar-refractivity contribution in [1.82, 2.24) is 5.32 Å². The average Bonchev–Trinajstić information content (AvgIpc) is 2.74. The third kappa shape index (κ3) is 6.26. The van der Waals surface area contributed by atoms with Crippen LogP contribution in [0.15, 0.2) is 66.7 Å². The highest BCUT2D eigenvalue weighted by Gasteiger charge is 2.07. The molecule has 29 heavy (non-hydrogen) atoms. The minimum absolute atomic E-state index is 0.525. The second kappa shape index (κ2) is 10.5. The number of nitrogens with one attached hydrogen (secondary N) is 1. The summed E-state index contributed by atoms with van der Waals surface area (Å²) in [6, 6.07) is 22.6. The molecule has 152 valence electrons. The SMILES string of the molecule is CCOc1cc(CNCc2ccc(OC)cc2)ccc1OCc1cccc(C)c1. The van der Waals surface area contributed by atoms with Gasteiger partial charge in [0.05, 0.1) is 13.7 Å². The smallest absolute Gasteiger partial charge is 0.161 e. The van der Waals surface area contributed by atoms with Gasteiger partial charge in [0.25, 0.3) is 0 Å². The van der Waals surface area contributed by atoms with Crippen LogP contribution in [0, 0.1) is 6.92 Å². The first-order chi connectivity index (χ1) is 14.2. The fraction of sp³-hybridized carbons (Fsp3) is 0.280. The van der Waals surface area contributed by atoms with E-state index >= 15 is 0 Å². The third-order valence-electron chi connectivity index (χ3n) is 4.60. The number of hydrogen-bond acceptors (Lipinski definition) is 4. The van der Waals surface area contributed by atoms with Crippen LogP contribution in [0.3, 0.4) is 0 Å². The number of benzene rings is 3. The Morgan fingerprint density at radius 2 is 1.52 bits per heavy atom. The van der Waals surface area contributed by atoms with E-state index in [-0.39, 0.29) is 0 Å². The fourth-order valence-corrected chi connectivity index (χ4v) is 3.11. The zero-order chi connectivity index (χ0) is 20.5. The van der Waals surface area contributed by atoms with Crippen molar-refractivity contribution in [2.75, 3.05) is 13.7 Å². The van der Waals surface area contributed by atoms with Gasteiger partial charge >= 0.3 is 0 Å². The summed E-state index contributed by atoms with van der Waals surface area (Å²) in [5.41, 5.74) is 4.76. The molecule has 0 heterocycles. The van der Waals surface area contributed by atoms with Crippen molar-refractivity contribution < 1.29 is 14.2 Å². The second-order valence-electron chi connectivity index (χ2n) is 6.94. The van der Waals surface area contributed by atoms with E-state index in [1.165, 1.54) is 11.1 Å². The van der Waals surface area contributed by atoms with E-state index in [2.05, 4.69) is 60.8 Å². The van der Waals surface area contributed by atoms with Gasteiger partial charge in [0, 0.05) is 13.1 Å². The summed E-state index contributed by atoms with van der Waals surface area (Å²) in [6.45, 7) is 6.74. The Labute approximate surface area is 173 Å². The molecular weight excluding hydrogens is 362 g/mol. The zero-order valence-corrected chi connectivity index (χ0v) is 17.4. The molecule has 3 rings (SSSR count). The molecule has 0 aliphatic heterocycles. The van der Waals surface area contributed by atoms with Gasteiger partial charge < -0.3 is 19.5 Å². The molecule has 0 unspecified atom stereocenters. The van der Waals surface area contributed by atoms with Gasteiger partial charge in [0.2, 0.25) is 0 Å². The second-order valence-corrected chi connectivity index (χ2v) is 6.94. The van der Waals surface area contributed by atoms with Gasteiger partial charge in [-0.2, -0.15) is 0 Å². The molecule has 0 fully saturated rings. The van der Waals surface area contributed by atoms with Gasteiger partial charge in [-0.1, -0.05) is 48.0 Å². The number of rotatable bonds is 10. The largest absolute Gasteiger partial charge is 0.497 e. The van der Waals surface area contributed by atoms with E-state index in [1.54, 1.807) is 7.11 Å². The van der Waals surface area contributed by atoms with Gasteiger partial charge in [-0.15, -0.1) is 0 Å². The first kappa shape index (κ1) is 20.7. The first-order valence-corrected chi connectivity index (χ1v) is 9.95. The average molecular weight is 392 g/mol. The van der Waals surface area contributed by atoms with Gasteiger partial charge in [0.1, 0.15) is 12.4 Å². The molecule has 3 aromatic rings. The van der Waals surface area contributed by atoms with Crippen molar-refractivity contribution >= 4 is 0 Å². The number of hydrogen-bond donors (Lipinski definition) is 1. The molecule has 3 aromatic carbocycles. The summed E-state index contributed by atoms with van der Waals surface area (Å²) in [5.74, 6) is 2.42. The molecule has 0 spiro atoms. The highest BCUT2D eigenvalue weighted by molar-refractivity contribution is 5.43. The molecule has 4 heteroatoms. The lowest BCUT2D eigenvalue weighted by atomic mass is 10.1. The summed E-state index contributed by atoms with van der Waals surface area (Å²) < 4.78 is 17.0. The van der Waals surface area contributed by atoms with Crippen LogP contribution in [0.1, 0.15) is 29.2 Å². The predicted octanol–water partition coefficient (Wildman–Crippen LogP) is 5.27. The molecule has 0 bridgehead atoms. The van der Waals surface area contributed by atoms with Crippen molar-refractivity contribution in [3.8, 4) is 17.2 Å². The van der Waals surface area contributed by atoms with Gasteiger partial charge in [-0.05, 0) is 54.8 Å². The van der Waals surface area contributed by atoms with Crippen LogP contribution in [0.25, 0.3) is 0 Å². The van der Waals surface area contributed by atoms with Crippen LogP contribution >= 0.6 is 0 Å². The maximum absolute atomic E-state index is 6.02. The van der Waals surface area contributed by atoms with E-state index in [0.29, 0.717) is 13.2 Å². The maximum Gasteiger partial charge on any atom is 0.161 e. The highest BCUT2D eigenvalue weighted by Crippen LogP contribution is 2.29. The molecule has 0 amide bonds. The molecule has 0 aliphatic carbocycles. The molecule has 0 aromatic heterocycles.